The molecule has 0 radical (unpaired) electrons. The van der Waals surface area contributed by atoms with Crippen LogP contribution >= 0.6 is 0 Å². The van der Waals surface area contributed by atoms with Crippen LogP contribution in [0.15, 0.2) is 18.3 Å². The Bertz CT molecular complexity index is 805. The minimum Gasteiger partial charge on any atom is -0.355 e. The molecule has 1 aromatic rings. The highest BCUT2D eigenvalue weighted by atomic mass is 32.2. The van der Waals surface area contributed by atoms with Crippen molar-refractivity contribution in [1.82, 2.24) is 14.4 Å². The first-order valence-corrected chi connectivity index (χ1v) is 11.9. The fourth-order valence-electron chi connectivity index (χ4n) is 3.50. The van der Waals surface area contributed by atoms with Crippen molar-refractivity contribution in [2.75, 3.05) is 36.8 Å². The Labute approximate surface area is 180 Å². The van der Waals surface area contributed by atoms with Gasteiger partial charge in [-0.05, 0) is 25.0 Å². The van der Waals surface area contributed by atoms with E-state index in [0.29, 0.717) is 36.7 Å². The van der Waals surface area contributed by atoms with E-state index in [-0.39, 0.29) is 31.8 Å². The Hall–Kier alpha value is -1.92. The van der Waals surface area contributed by atoms with Gasteiger partial charge in [0, 0.05) is 32.4 Å². The van der Waals surface area contributed by atoms with Gasteiger partial charge in [-0.1, -0.05) is 26.2 Å². The van der Waals surface area contributed by atoms with Crippen LogP contribution in [-0.2, 0) is 21.0 Å². The number of nitrogens with zero attached hydrogens (tertiary/aromatic N) is 4. The molecule has 0 bridgehead atoms. The Morgan fingerprint density at radius 3 is 2.55 bits per heavy atom. The van der Waals surface area contributed by atoms with E-state index in [1.54, 1.807) is 4.90 Å². The van der Waals surface area contributed by atoms with Crippen LogP contribution in [0.25, 0.3) is 0 Å². The normalized spacial score (nSPS) is 17.3. The van der Waals surface area contributed by atoms with Gasteiger partial charge in [0.1, 0.15) is 5.82 Å². The predicted octanol–water partition coefficient (Wildman–Crippen LogP) is 2.74. The molecule has 8 nitrogen and oxygen atoms in total. The minimum absolute atomic E-state index is 0.138. The fraction of sp³-hybridized carbons (Fsp3) is 0.684. The van der Waals surface area contributed by atoms with Gasteiger partial charge in [0.25, 0.3) is 0 Å². The molecule has 1 saturated heterocycles. The van der Waals surface area contributed by atoms with Crippen molar-refractivity contribution in [1.29, 1.82) is 0 Å². The molecule has 2 heterocycles. The third-order valence-corrected chi connectivity index (χ3v) is 7.23. The van der Waals surface area contributed by atoms with Crippen molar-refractivity contribution in [3.8, 4) is 0 Å². The molecule has 1 amide bonds. The summed E-state index contributed by atoms with van der Waals surface area (Å²) in [5.41, 5.74) is -0.840. The molecule has 0 aromatic carbocycles. The van der Waals surface area contributed by atoms with Crippen LogP contribution in [0.2, 0.25) is 0 Å². The van der Waals surface area contributed by atoms with Crippen LogP contribution < -0.4 is 4.90 Å². The summed E-state index contributed by atoms with van der Waals surface area (Å²) in [6.07, 6.45) is -0.165. The standard InChI is InChI=1S/C19H29F3N4O4S/c1-2-3-4-6-17(26(28)15-27)14-31(29,30)25-10-5-9-24(11-12-25)18-8-7-16(13-23-18)19(20,21)22/h7-8,13,15,17,28H,2-6,9-12,14H2,1H3. The van der Waals surface area contributed by atoms with E-state index in [1.165, 1.54) is 10.4 Å². The minimum atomic E-state index is -4.47. The van der Waals surface area contributed by atoms with Gasteiger partial charge in [-0.2, -0.15) is 13.2 Å². The van der Waals surface area contributed by atoms with Gasteiger partial charge in [0.15, 0.2) is 0 Å². The second-order valence-electron chi connectivity index (χ2n) is 7.56. The summed E-state index contributed by atoms with van der Waals surface area (Å²) >= 11 is 0. The number of amides is 1. The van der Waals surface area contributed by atoms with E-state index in [9.17, 15) is 31.6 Å². The number of anilines is 1. The molecule has 1 aromatic heterocycles. The molecule has 1 fully saturated rings. The van der Waals surface area contributed by atoms with Crippen LogP contribution in [0.5, 0.6) is 0 Å². The highest BCUT2D eigenvalue weighted by Crippen LogP contribution is 2.29. The predicted molar refractivity (Wildman–Crippen MR) is 109 cm³/mol. The summed E-state index contributed by atoms with van der Waals surface area (Å²) in [5.74, 6) is -0.0306. The number of hydrogen-bond donors (Lipinski definition) is 1. The van der Waals surface area contributed by atoms with Crippen molar-refractivity contribution in [3.63, 3.8) is 0 Å². The molecule has 2 rings (SSSR count). The highest BCUT2D eigenvalue weighted by Gasteiger charge is 2.32. The maximum absolute atomic E-state index is 12.9. The topological polar surface area (TPSA) is 94.1 Å². The molecule has 0 spiro atoms. The lowest BCUT2D eigenvalue weighted by atomic mass is 10.1. The molecule has 0 saturated carbocycles. The van der Waals surface area contributed by atoms with Gasteiger partial charge in [0.05, 0.1) is 17.4 Å². The first-order chi connectivity index (χ1) is 14.6. The van der Waals surface area contributed by atoms with Gasteiger partial charge >= 0.3 is 6.18 Å². The number of alkyl halides is 3. The molecular formula is C19H29F3N4O4S. The van der Waals surface area contributed by atoms with E-state index >= 15 is 0 Å². The maximum Gasteiger partial charge on any atom is 0.417 e. The van der Waals surface area contributed by atoms with Crippen molar-refractivity contribution in [3.05, 3.63) is 23.9 Å². The van der Waals surface area contributed by atoms with E-state index in [4.69, 9.17) is 0 Å². The van der Waals surface area contributed by atoms with Crippen LogP contribution in [0.3, 0.4) is 0 Å². The van der Waals surface area contributed by atoms with Gasteiger partial charge in [-0.15, -0.1) is 0 Å². The SMILES string of the molecule is CCCCCC(CS(=O)(=O)N1CCCN(c2ccc(C(F)(F)F)cn2)CC1)N(O)C=O. The first kappa shape index (κ1) is 25.3. The third kappa shape index (κ3) is 7.32. The molecule has 1 N–H and O–H groups in total. The van der Waals surface area contributed by atoms with Crippen molar-refractivity contribution >= 4 is 22.3 Å². The summed E-state index contributed by atoms with van der Waals surface area (Å²) in [7, 11) is -3.75. The number of rotatable bonds is 10. The van der Waals surface area contributed by atoms with Crippen molar-refractivity contribution < 1.29 is 31.6 Å². The number of pyridine rings is 1. The number of halogens is 3. The number of carbonyl (C=O) groups is 1. The lowest BCUT2D eigenvalue weighted by Crippen LogP contribution is -2.44. The number of hydroxylamine groups is 2. The van der Waals surface area contributed by atoms with E-state index in [1.807, 2.05) is 6.92 Å². The van der Waals surface area contributed by atoms with E-state index < -0.39 is 27.8 Å². The molecule has 1 atom stereocenters. The Balaban J connectivity index is 2.03. The number of hydrogen-bond acceptors (Lipinski definition) is 6. The van der Waals surface area contributed by atoms with Gasteiger partial charge < -0.3 is 4.90 Å². The molecule has 1 aliphatic heterocycles. The van der Waals surface area contributed by atoms with Crippen LogP contribution in [0.4, 0.5) is 19.0 Å². The lowest BCUT2D eigenvalue weighted by Gasteiger charge is -2.27. The number of sulfonamides is 1. The molecule has 12 heteroatoms. The smallest absolute Gasteiger partial charge is 0.355 e. The number of aromatic nitrogens is 1. The zero-order chi connectivity index (χ0) is 23.1. The second-order valence-corrected chi connectivity index (χ2v) is 9.57. The zero-order valence-electron chi connectivity index (χ0n) is 17.5. The molecule has 176 valence electrons. The first-order valence-electron chi connectivity index (χ1n) is 10.3. The Morgan fingerprint density at radius 1 is 1.23 bits per heavy atom. The van der Waals surface area contributed by atoms with Crippen LogP contribution in [0, 0.1) is 0 Å². The Kier molecular flexibility index (Phi) is 9.07. The van der Waals surface area contributed by atoms with Gasteiger partial charge in [-0.25, -0.2) is 22.8 Å². The average molecular weight is 467 g/mol. The number of unbranched alkanes of at least 4 members (excludes halogenated alkanes) is 2. The summed E-state index contributed by atoms with van der Waals surface area (Å²) in [5, 5.41) is 10.2. The molecule has 1 unspecified atom stereocenters. The monoisotopic (exact) mass is 466 g/mol. The van der Waals surface area contributed by atoms with Crippen molar-refractivity contribution in [2.45, 2.75) is 51.2 Å². The van der Waals surface area contributed by atoms with E-state index in [0.717, 1.165) is 25.1 Å². The Morgan fingerprint density at radius 2 is 1.97 bits per heavy atom. The molecule has 31 heavy (non-hydrogen) atoms. The summed E-state index contributed by atoms with van der Waals surface area (Å²) in [4.78, 5) is 16.6. The quantitative estimate of drug-likeness (QED) is 0.247. The van der Waals surface area contributed by atoms with Gasteiger partial charge in [0.2, 0.25) is 16.4 Å². The van der Waals surface area contributed by atoms with Crippen molar-refractivity contribution in [2.24, 2.45) is 0 Å². The second kappa shape index (κ2) is 11.1. The molecule has 1 aliphatic rings. The maximum atomic E-state index is 12.9. The lowest BCUT2D eigenvalue weighted by molar-refractivity contribution is -0.158. The van der Waals surface area contributed by atoms with E-state index in [2.05, 4.69) is 4.98 Å². The highest BCUT2D eigenvalue weighted by molar-refractivity contribution is 7.89. The van der Waals surface area contributed by atoms with Crippen LogP contribution in [-0.4, -0.2) is 72.4 Å². The molecule has 0 aliphatic carbocycles. The van der Waals surface area contributed by atoms with Gasteiger partial charge in [-0.3, -0.25) is 10.0 Å². The molecular weight excluding hydrogens is 437 g/mol. The average Bonchev–Trinajstić information content (AvgIpc) is 2.99. The number of carbonyl (C=O) groups excluding carboxylic acids is 1. The third-order valence-electron chi connectivity index (χ3n) is 5.27. The summed E-state index contributed by atoms with van der Waals surface area (Å²) < 4.78 is 65.3. The summed E-state index contributed by atoms with van der Waals surface area (Å²) in [6.45, 7) is 3.10. The fourth-order valence-corrected chi connectivity index (χ4v) is 5.28. The zero-order valence-corrected chi connectivity index (χ0v) is 18.3. The van der Waals surface area contributed by atoms with Crippen LogP contribution in [0.1, 0.15) is 44.6 Å². The largest absolute Gasteiger partial charge is 0.417 e. The summed E-state index contributed by atoms with van der Waals surface area (Å²) in [6, 6.07) is 1.41.